The molecule has 0 aromatic heterocycles. The maximum absolute atomic E-state index is 13.0. The lowest BCUT2D eigenvalue weighted by Gasteiger charge is -2.21. The second-order valence-corrected chi connectivity index (χ2v) is 27.4. The summed E-state index contributed by atoms with van der Waals surface area (Å²) in [6.45, 7) is 7.09. The van der Waals surface area contributed by atoms with Gasteiger partial charge in [0, 0.05) is 25.7 Å². The van der Waals surface area contributed by atoms with E-state index < -0.39 is 97.5 Å². The zero-order chi connectivity index (χ0) is 63.5. The largest absolute Gasteiger partial charge is 0.472 e. The number of rotatable bonds is 67. The number of aliphatic hydroxyl groups excluding tert-OH is 1. The van der Waals surface area contributed by atoms with Crippen LogP contribution in [0.15, 0.2) is 0 Å². The highest BCUT2D eigenvalue weighted by Gasteiger charge is 2.30. The molecule has 17 nitrogen and oxygen atoms in total. The molecule has 6 atom stereocenters. The Morgan fingerprint density at radius 2 is 0.558 bits per heavy atom. The maximum Gasteiger partial charge on any atom is 0.472 e. The number of carbonyl (C=O) groups is 4. The van der Waals surface area contributed by atoms with E-state index in [2.05, 4.69) is 34.6 Å². The van der Waals surface area contributed by atoms with Crippen LogP contribution in [0.4, 0.5) is 0 Å². The van der Waals surface area contributed by atoms with Gasteiger partial charge < -0.3 is 33.8 Å². The molecule has 0 aromatic rings. The Morgan fingerprint density at radius 3 is 0.826 bits per heavy atom. The Bertz CT molecular complexity index is 1670. The van der Waals surface area contributed by atoms with E-state index in [1.165, 1.54) is 161 Å². The van der Waals surface area contributed by atoms with Crippen LogP contribution in [-0.2, 0) is 65.4 Å². The fourth-order valence-electron chi connectivity index (χ4n) is 10.1. The molecular formula is C67H130O17P2. The van der Waals surface area contributed by atoms with Gasteiger partial charge in [-0.15, -0.1) is 0 Å². The average Bonchev–Trinajstić information content (AvgIpc) is 3.61. The molecule has 0 radical (unpaired) electrons. The van der Waals surface area contributed by atoms with E-state index in [4.69, 9.17) is 37.0 Å². The highest BCUT2D eigenvalue weighted by atomic mass is 31.2. The topological polar surface area (TPSA) is 237 Å². The first-order valence-corrected chi connectivity index (χ1v) is 38.2. The molecule has 0 aromatic carbocycles. The van der Waals surface area contributed by atoms with Gasteiger partial charge in [-0.25, -0.2) is 9.13 Å². The van der Waals surface area contributed by atoms with Gasteiger partial charge in [0.15, 0.2) is 12.2 Å². The Hall–Kier alpha value is -1.94. The molecular weight excluding hydrogens is 1140 g/mol. The predicted molar refractivity (Wildman–Crippen MR) is 345 cm³/mol. The summed E-state index contributed by atoms with van der Waals surface area (Å²) in [5.41, 5.74) is 0. The SMILES string of the molecule is CCCCCCCCCCCCCCCCCCCCC(=O)OC[C@H](COP(=O)(O)OC[C@@H](O)COP(=O)(O)OC[C@@H](COC(=O)CCCCCCC)OC(=O)CCCCCCC)OC(=O)CCCCCCCCCCCCCCCCC(C)CC. The molecule has 0 heterocycles. The number of carbonyl (C=O) groups excluding carboxylic acids is 4. The van der Waals surface area contributed by atoms with Crippen molar-refractivity contribution in [3.8, 4) is 0 Å². The van der Waals surface area contributed by atoms with Crippen molar-refractivity contribution in [2.45, 2.75) is 361 Å². The van der Waals surface area contributed by atoms with Crippen molar-refractivity contribution >= 4 is 39.5 Å². The van der Waals surface area contributed by atoms with E-state index >= 15 is 0 Å². The molecule has 0 bridgehead atoms. The third kappa shape index (κ3) is 59.7. The van der Waals surface area contributed by atoms with Crippen molar-refractivity contribution in [2.75, 3.05) is 39.6 Å². The Balaban J connectivity index is 5.07. The van der Waals surface area contributed by atoms with Gasteiger partial charge in [-0.1, -0.05) is 291 Å². The molecule has 0 rings (SSSR count). The molecule has 3 N–H and O–H groups in total. The molecule has 19 heteroatoms. The normalized spacial score (nSPS) is 14.5. The summed E-state index contributed by atoms with van der Waals surface area (Å²) >= 11 is 0. The maximum atomic E-state index is 13.0. The average molecular weight is 1270 g/mol. The number of ether oxygens (including phenoxy) is 4. The Labute approximate surface area is 524 Å². The summed E-state index contributed by atoms with van der Waals surface area (Å²) in [6, 6.07) is 0. The van der Waals surface area contributed by atoms with Gasteiger partial charge in [-0.2, -0.15) is 0 Å². The number of phosphoric acid groups is 2. The van der Waals surface area contributed by atoms with Crippen molar-refractivity contribution in [3.63, 3.8) is 0 Å². The molecule has 86 heavy (non-hydrogen) atoms. The third-order valence-corrected chi connectivity index (χ3v) is 17.8. The van der Waals surface area contributed by atoms with Crippen LogP contribution in [0.25, 0.3) is 0 Å². The van der Waals surface area contributed by atoms with Gasteiger partial charge in [0.25, 0.3) is 0 Å². The van der Waals surface area contributed by atoms with Gasteiger partial charge in [0.1, 0.15) is 19.3 Å². The third-order valence-electron chi connectivity index (χ3n) is 15.9. The second-order valence-electron chi connectivity index (χ2n) is 24.5. The molecule has 0 fully saturated rings. The smallest absolute Gasteiger partial charge is 0.462 e. The summed E-state index contributed by atoms with van der Waals surface area (Å²) in [5.74, 6) is -1.30. The highest BCUT2D eigenvalue weighted by molar-refractivity contribution is 7.47. The fraction of sp³-hybridized carbons (Fsp3) is 0.940. The minimum absolute atomic E-state index is 0.0990. The Kier molecular flexibility index (Phi) is 59.2. The number of aliphatic hydroxyl groups is 1. The first-order chi connectivity index (χ1) is 41.6. The van der Waals surface area contributed by atoms with Gasteiger partial charge >= 0.3 is 39.5 Å². The van der Waals surface area contributed by atoms with Crippen molar-refractivity contribution in [1.82, 2.24) is 0 Å². The number of hydrogen-bond acceptors (Lipinski definition) is 15. The van der Waals surface area contributed by atoms with E-state index in [-0.39, 0.29) is 25.7 Å². The fourth-order valence-corrected chi connectivity index (χ4v) is 11.7. The molecule has 0 amide bonds. The van der Waals surface area contributed by atoms with Gasteiger partial charge in [-0.05, 0) is 31.6 Å². The van der Waals surface area contributed by atoms with Gasteiger partial charge in [0.05, 0.1) is 26.4 Å². The lowest BCUT2D eigenvalue weighted by molar-refractivity contribution is -0.161. The summed E-state index contributed by atoms with van der Waals surface area (Å²) in [5, 5.41) is 10.5. The zero-order valence-corrected chi connectivity index (χ0v) is 57.2. The van der Waals surface area contributed by atoms with Gasteiger partial charge in [-0.3, -0.25) is 37.3 Å². The molecule has 510 valence electrons. The van der Waals surface area contributed by atoms with Crippen LogP contribution in [-0.4, -0.2) is 96.7 Å². The van der Waals surface area contributed by atoms with Crippen molar-refractivity contribution in [2.24, 2.45) is 5.92 Å². The van der Waals surface area contributed by atoms with Crippen LogP contribution in [0.3, 0.4) is 0 Å². The first-order valence-electron chi connectivity index (χ1n) is 35.2. The van der Waals surface area contributed by atoms with E-state index in [1.54, 1.807) is 0 Å². The summed E-state index contributed by atoms with van der Waals surface area (Å²) < 4.78 is 67.7. The van der Waals surface area contributed by atoms with Gasteiger partial charge in [0.2, 0.25) is 0 Å². The van der Waals surface area contributed by atoms with Crippen LogP contribution in [0.2, 0.25) is 0 Å². The first kappa shape index (κ1) is 84.1. The van der Waals surface area contributed by atoms with E-state index in [0.717, 1.165) is 102 Å². The minimum Gasteiger partial charge on any atom is -0.462 e. The quantitative estimate of drug-likeness (QED) is 0.0222. The summed E-state index contributed by atoms with van der Waals surface area (Å²) in [4.78, 5) is 71.8. The highest BCUT2D eigenvalue weighted by Crippen LogP contribution is 2.45. The van der Waals surface area contributed by atoms with Crippen LogP contribution in [0, 0.1) is 5.92 Å². The molecule has 3 unspecified atom stereocenters. The zero-order valence-electron chi connectivity index (χ0n) is 55.4. The van der Waals surface area contributed by atoms with Crippen molar-refractivity contribution < 1.29 is 80.2 Å². The lowest BCUT2D eigenvalue weighted by atomic mass is 9.99. The molecule has 0 saturated carbocycles. The number of phosphoric ester groups is 2. The number of esters is 4. The summed E-state index contributed by atoms with van der Waals surface area (Å²) in [6.07, 6.45) is 46.7. The minimum atomic E-state index is -4.94. The van der Waals surface area contributed by atoms with E-state index in [0.29, 0.717) is 25.7 Å². The Morgan fingerprint density at radius 1 is 0.326 bits per heavy atom. The van der Waals surface area contributed by atoms with Crippen LogP contribution < -0.4 is 0 Å². The van der Waals surface area contributed by atoms with E-state index in [1.807, 2.05) is 0 Å². The lowest BCUT2D eigenvalue weighted by Crippen LogP contribution is -2.30. The second kappa shape index (κ2) is 60.6. The molecule has 0 spiro atoms. The van der Waals surface area contributed by atoms with Crippen LogP contribution in [0.1, 0.15) is 343 Å². The number of unbranched alkanes of at least 4 members (excludes halogenated alkanes) is 38. The number of hydrogen-bond donors (Lipinski definition) is 3. The molecule has 0 aliphatic carbocycles. The monoisotopic (exact) mass is 1270 g/mol. The summed E-state index contributed by atoms with van der Waals surface area (Å²) in [7, 11) is -9.87. The standard InChI is InChI=1S/C67H130O17P2/c1-6-10-13-16-17-18-19-20-21-22-23-24-28-31-34-37-42-46-51-65(70)78-57-63(84-67(72)53-48-43-38-35-32-29-26-25-27-30-33-36-41-44-49-60(5)9-4)59-82-86(75,76)80-55-61(68)54-79-85(73,74)81-58-62(83-66(71)52-47-40-15-12-8-3)56-77-64(69)50-45-39-14-11-7-2/h60-63,68H,6-59H2,1-5H3,(H,73,74)(H,75,76)/t60?,61-,62+,63+/m0/s1. The predicted octanol–water partition coefficient (Wildman–Crippen LogP) is 19.0. The molecule has 0 aliphatic rings. The van der Waals surface area contributed by atoms with Crippen LogP contribution in [0.5, 0.6) is 0 Å². The van der Waals surface area contributed by atoms with Crippen molar-refractivity contribution in [3.05, 3.63) is 0 Å². The molecule has 0 aliphatic heterocycles. The van der Waals surface area contributed by atoms with Crippen LogP contribution >= 0.6 is 15.6 Å². The van der Waals surface area contributed by atoms with E-state index in [9.17, 15) is 43.2 Å². The van der Waals surface area contributed by atoms with Crippen molar-refractivity contribution in [1.29, 1.82) is 0 Å². The molecule has 0 saturated heterocycles.